The summed E-state index contributed by atoms with van der Waals surface area (Å²) in [7, 11) is 0. The zero-order valence-corrected chi connectivity index (χ0v) is 15.8. The predicted molar refractivity (Wildman–Crippen MR) is 94.2 cm³/mol. The second-order valence-corrected chi connectivity index (χ2v) is 6.90. The summed E-state index contributed by atoms with van der Waals surface area (Å²) in [5, 5.41) is 5.80. The van der Waals surface area contributed by atoms with Crippen molar-refractivity contribution in [3.8, 4) is 0 Å². The maximum Gasteiger partial charge on any atom is 0.490 e. The van der Waals surface area contributed by atoms with Crippen LogP contribution in [0.15, 0.2) is 17.1 Å². The number of carbonyl (C=O) groups excluding carboxylic acids is 2. The zero-order valence-electron chi connectivity index (χ0n) is 15.8. The number of nitrogens with one attached hydrogen (secondary N) is 2. The van der Waals surface area contributed by atoms with Crippen molar-refractivity contribution in [3.63, 3.8) is 0 Å². The molecule has 0 bridgehead atoms. The number of rotatable bonds is 6. The molecule has 3 rings (SSSR count). The number of hydrogen-bond acceptors (Lipinski definition) is 8. The highest BCUT2D eigenvalue weighted by Crippen LogP contribution is 2.22. The van der Waals surface area contributed by atoms with E-state index in [9.17, 15) is 27.6 Å². The number of halogens is 3. The Bertz CT molecular complexity index is 824. The van der Waals surface area contributed by atoms with E-state index < -0.39 is 37.0 Å². The number of amides is 1. The highest BCUT2D eigenvalue weighted by Gasteiger charge is 2.42. The number of anilines is 1. The molecule has 3 heterocycles. The number of hydrogen-bond donors (Lipinski definition) is 2. The molecule has 1 aromatic heterocycles. The lowest BCUT2D eigenvalue weighted by Crippen LogP contribution is -2.32. The molecule has 0 radical (unpaired) electrons. The van der Waals surface area contributed by atoms with Crippen molar-refractivity contribution in [2.45, 2.75) is 38.0 Å². The molecular formula is C17H21F3N4O6. The Morgan fingerprint density at radius 1 is 1.33 bits per heavy atom. The number of nitrogens with zero attached hydrogens (tertiary/aromatic N) is 2. The number of piperidine rings is 1. The molecule has 2 unspecified atom stereocenters. The lowest BCUT2D eigenvalue weighted by molar-refractivity contribution is -0.208. The van der Waals surface area contributed by atoms with Crippen LogP contribution in [0.3, 0.4) is 0 Å². The van der Waals surface area contributed by atoms with Crippen molar-refractivity contribution < 1.29 is 37.0 Å². The van der Waals surface area contributed by atoms with Gasteiger partial charge in [-0.1, -0.05) is 0 Å². The van der Waals surface area contributed by atoms with Crippen LogP contribution < -0.4 is 16.3 Å². The normalized spacial score (nSPS) is 22.6. The molecule has 0 aliphatic carbocycles. The van der Waals surface area contributed by atoms with E-state index in [2.05, 4.69) is 20.4 Å². The third kappa shape index (κ3) is 6.00. The molecule has 166 valence electrons. The molecule has 30 heavy (non-hydrogen) atoms. The highest BCUT2D eigenvalue weighted by atomic mass is 19.4. The predicted octanol–water partition coefficient (Wildman–Crippen LogP) is 0.548. The molecule has 0 saturated carbocycles. The topological polar surface area (TPSA) is 121 Å². The van der Waals surface area contributed by atoms with Crippen LogP contribution in [0.4, 0.5) is 19.0 Å². The summed E-state index contributed by atoms with van der Waals surface area (Å²) >= 11 is 0. The first-order valence-electron chi connectivity index (χ1n) is 9.33. The summed E-state index contributed by atoms with van der Waals surface area (Å²) in [6.45, 7) is 0.803. The van der Waals surface area contributed by atoms with Crippen molar-refractivity contribution in [3.05, 3.63) is 22.7 Å². The van der Waals surface area contributed by atoms with E-state index in [1.807, 2.05) is 0 Å². The lowest BCUT2D eigenvalue weighted by Gasteiger charge is -2.21. The van der Waals surface area contributed by atoms with E-state index >= 15 is 0 Å². The van der Waals surface area contributed by atoms with Crippen LogP contribution in [0.2, 0.25) is 0 Å². The van der Waals surface area contributed by atoms with Crippen LogP contribution in [0, 0.1) is 5.92 Å². The molecule has 2 aliphatic rings. The number of ether oxygens (including phenoxy) is 3. The standard InChI is InChI=1S/C17H21F3N4O6/c18-17(19,20)15(26)29-9-14-28-8-13(30-14)24-6-3-11(23-16(24)27)22-12(25)7-10-1-4-21-5-2-10/h3,6,10,13-14,21H,1-2,4-5,7-9H2,(H,22,23,25,27). The SMILES string of the molecule is O=C(CC1CCNCC1)Nc1ccn(C2COC(COC(=O)C(F)(F)F)O2)c(=O)n1. The molecule has 1 amide bonds. The summed E-state index contributed by atoms with van der Waals surface area (Å²) in [5.74, 6) is -2.23. The van der Waals surface area contributed by atoms with Gasteiger partial charge in [-0.25, -0.2) is 9.59 Å². The fourth-order valence-electron chi connectivity index (χ4n) is 3.15. The maximum atomic E-state index is 12.2. The third-order valence-corrected chi connectivity index (χ3v) is 4.66. The second kappa shape index (κ2) is 9.53. The minimum Gasteiger partial charge on any atom is -0.454 e. The van der Waals surface area contributed by atoms with Crippen molar-refractivity contribution in [2.75, 3.05) is 31.6 Å². The number of carbonyl (C=O) groups is 2. The third-order valence-electron chi connectivity index (χ3n) is 4.66. The molecule has 2 N–H and O–H groups in total. The van der Waals surface area contributed by atoms with Crippen molar-refractivity contribution in [2.24, 2.45) is 5.92 Å². The summed E-state index contributed by atoms with van der Waals surface area (Å²) in [5.41, 5.74) is -0.740. The van der Waals surface area contributed by atoms with Gasteiger partial charge in [-0.3, -0.25) is 9.36 Å². The van der Waals surface area contributed by atoms with Gasteiger partial charge in [-0.05, 0) is 37.9 Å². The fourth-order valence-corrected chi connectivity index (χ4v) is 3.15. The summed E-state index contributed by atoms with van der Waals surface area (Å²) in [6, 6.07) is 1.40. The van der Waals surface area contributed by atoms with Crippen LogP contribution in [-0.4, -0.2) is 60.2 Å². The highest BCUT2D eigenvalue weighted by molar-refractivity contribution is 5.89. The summed E-state index contributed by atoms with van der Waals surface area (Å²) in [6.07, 6.45) is -3.86. The van der Waals surface area contributed by atoms with E-state index in [1.54, 1.807) is 0 Å². The monoisotopic (exact) mass is 434 g/mol. The first-order valence-corrected chi connectivity index (χ1v) is 9.33. The van der Waals surface area contributed by atoms with Crippen molar-refractivity contribution in [1.82, 2.24) is 14.9 Å². The Morgan fingerprint density at radius 3 is 2.73 bits per heavy atom. The molecule has 10 nitrogen and oxygen atoms in total. The smallest absolute Gasteiger partial charge is 0.454 e. The Hall–Kier alpha value is -2.51. The first-order chi connectivity index (χ1) is 14.2. The van der Waals surface area contributed by atoms with Gasteiger partial charge in [0.25, 0.3) is 0 Å². The van der Waals surface area contributed by atoms with Crippen molar-refractivity contribution in [1.29, 1.82) is 0 Å². The van der Waals surface area contributed by atoms with E-state index in [-0.39, 0.29) is 24.2 Å². The zero-order chi connectivity index (χ0) is 21.7. The Morgan fingerprint density at radius 2 is 2.07 bits per heavy atom. The van der Waals surface area contributed by atoms with Gasteiger partial charge in [-0.2, -0.15) is 18.2 Å². The van der Waals surface area contributed by atoms with Gasteiger partial charge in [-0.15, -0.1) is 0 Å². The largest absolute Gasteiger partial charge is 0.490 e. The summed E-state index contributed by atoms with van der Waals surface area (Å²) < 4.78 is 51.9. The second-order valence-electron chi connectivity index (χ2n) is 6.90. The molecule has 1 aromatic rings. The van der Waals surface area contributed by atoms with E-state index in [0.717, 1.165) is 30.5 Å². The minimum atomic E-state index is -5.12. The molecule has 2 saturated heterocycles. The van der Waals surface area contributed by atoms with Gasteiger partial charge in [0, 0.05) is 12.6 Å². The van der Waals surface area contributed by atoms with E-state index in [4.69, 9.17) is 9.47 Å². The molecule has 2 aliphatic heterocycles. The Labute approximate surface area is 168 Å². The quantitative estimate of drug-likeness (QED) is 0.623. The summed E-state index contributed by atoms with van der Waals surface area (Å²) in [4.78, 5) is 38.8. The van der Waals surface area contributed by atoms with Crippen LogP contribution in [-0.2, 0) is 23.8 Å². The van der Waals surface area contributed by atoms with E-state index in [1.165, 1.54) is 12.3 Å². The molecule has 2 atom stereocenters. The molecule has 2 fully saturated rings. The van der Waals surface area contributed by atoms with Gasteiger partial charge < -0.3 is 24.8 Å². The van der Waals surface area contributed by atoms with Crippen LogP contribution >= 0.6 is 0 Å². The molecule has 13 heteroatoms. The van der Waals surface area contributed by atoms with Gasteiger partial charge in [0.05, 0.1) is 6.61 Å². The average Bonchev–Trinajstić information content (AvgIpc) is 3.14. The van der Waals surface area contributed by atoms with Gasteiger partial charge in [0.1, 0.15) is 12.4 Å². The molecular weight excluding hydrogens is 413 g/mol. The Balaban J connectivity index is 1.51. The van der Waals surface area contributed by atoms with Gasteiger partial charge in [0.15, 0.2) is 12.5 Å². The van der Waals surface area contributed by atoms with Gasteiger partial charge in [0.2, 0.25) is 5.91 Å². The number of alkyl halides is 3. The first kappa shape index (κ1) is 22.2. The van der Waals surface area contributed by atoms with Crippen LogP contribution in [0.1, 0.15) is 25.5 Å². The average molecular weight is 434 g/mol. The molecule has 0 spiro atoms. The van der Waals surface area contributed by atoms with E-state index in [0.29, 0.717) is 6.42 Å². The lowest BCUT2D eigenvalue weighted by atomic mass is 9.94. The maximum absolute atomic E-state index is 12.2. The van der Waals surface area contributed by atoms with Crippen LogP contribution in [0.5, 0.6) is 0 Å². The fraction of sp³-hybridized carbons (Fsp3) is 0.647. The number of aromatic nitrogens is 2. The Kier molecular flexibility index (Phi) is 7.05. The molecule has 0 aromatic carbocycles. The van der Waals surface area contributed by atoms with Crippen molar-refractivity contribution >= 4 is 17.7 Å². The number of esters is 1. The minimum absolute atomic E-state index is 0.0877. The van der Waals surface area contributed by atoms with Gasteiger partial charge >= 0.3 is 17.8 Å². The van der Waals surface area contributed by atoms with Crippen LogP contribution in [0.25, 0.3) is 0 Å².